The molecule has 0 bridgehead atoms. The van der Waals surface area contributed by atoms with Crippen molar-refractivity contribution in [1.29, 1.82) is 0 Å². The maximum Gasteiger partial charge on any atom is 0.421 e. The molecule has 4 aliphatic rings. The lowest BCUT2D eigenvalue weighted by Crippen LogP contribution is -2.66. The number of hydrogen-bond acceptors (Lipinski definition) is 9. The Balaban J connectivity index is 1.46. The Morgan fingerprint density at radius 2 is 1.83 bits per heavy atom. The summed E-state index contributed by atoms with van der Waals surface area (Å²) >= 11 is 6.63. The SMILES string of the molecule is C[C@@](O)(c1ccc(N2CCN(S(=O)(=O)C3=CC=CCC3=S)C[C@@H]2CN2CCSC(O)[C@]2(O)C2CC2)cc1)C(F)(F)F. The second kappa shape index (κ2) is 11.2. The van der Waals surface area contributed by atoms with Crippen molar-refractivity contribution in [3.05, 3.63) is 53.0 Å². The molecule has 226 valence electrons. The van der Waals surface area contributed by atoms with Crippen molar-refractivity contribution in [1.82, 2.24) is 9.21 Å². The van der Waals surface area contributed by atoms with Crippen LogP contribution >= 0.6 is 24.0 Å². The Hall–Kier alpha value is -1.52. The topological polar surface area (TPSA) is 105 Å². The summed E-state index contributed by atoms with van der Waals surface area (Å²) in [7, 11) is -3.92. The molecule has 2 heterocycles. The third-order valence-electron chi connectivity index (χ3n) is 8.45. The Morgan fingerprint density at radius 1 is 1.15 bits per heavy atom. The van der Waals surface area contributed by atoms with Crippen molar-refractivity contribution in [2.75, 3.05) is 43.4 Å². The highest BCUT2D eigenvalue weighted by Crippen LogP contribution is 2.48. The molecule has 3 fully saturated rings. The van der Waals surface area contributed by atoms with Crippen LogP contribution in [0.3, 0.4) is 0 Å². The highest BCUT2D eigenvalue weighted by Gasteiger charge is 2.56. The average Bonchev–Trinajstić information content (AvgIpc) is 3.77. The number of thioether (sulfide) groups is 1. The van der Waals surface area contributed by atoms with Gasteiger partial charge in [0.2, 0.25) is 10.0 Å². The minimum absolute atomic E-state index is 0.0501. The number of hydrogen-bond donors (Lipinski definition) is 3. The van der Waals surface area contributed by atoms with Crippen LogP contribution in [0.15, 0.2) is 47.4 Å². The molecule has 1 aromatic carbocycles. The third-order valence-corrected chi connectivity index (χ3v) is 12.0. The first kappa shape index (κ1) is 30.9. The lowest BCUT2D eigenvalue weighted by atomic mass is 9.95. The number of rotatable bonds is 7. The van der Waals surface area contributed by atoms with Gasteiger partial charge in [0.25, 0.3) is 0 Å². The summed E-state index contributed by atoms with van der Waals surface area (Å²) in [6.07, 6.45) is 2.00. The summed E-state index contributed by atoms with van der Waals surface area (Å²) < 4.78 is 68.9. The number of aliphatic hydroxyl groups is 3. The molecule has 5 rings (SSSR count). The molecule has 41 heavy (non-hydrogen) atoms. The zero-order valence-corrected chi connectivity index (χ0v) is 24.9. The smallest absolute Gasteiger partial charge is 0.378 e. The minimum atomic E-state index is -4.86. The van der Waals surface area contributed by atoms with Gasteiger partial charge in [0.05, 0.1) is 10.9 Å². The first-order valence-electron chi connectivity index (χ1n) is 13.5. The molecule has 2 saturated heterocycles. The molecule has 2 aliphatic heterocycles. The normalized spacial score (nSPS) is 30.3. The summed E-state index contributed by atoms with van der Waals surface area (Å²) in [4.78, 5) is 4.17. The van der Waals surface area contributed by atoms with Gasteiger partial charge in [-0.05, 0) is 43.5 Å². The monoisotopic (exact) mass is 633 g/mol. The average molecular weight is 634 g/mol. The van der Waals surface area contributed by atoms with E-state index in [4.69, 9.17) is 12.2 Å². The molecule has 8 nitrogen and oxygen atoms in total. The predicted molar refractivity (Wildman–Crippen MR) is 156 cm³/mol. The highest BCUT2D eigenvalue weighted by atomic mass is 32.2. The summed E-state index contributed by atoms with van der Waals surface area (Å²) in [5.74, 6) is 0.488. The number of sulfonamides is 1. The molecular weight excluding hydrogens is 600 g/mol. The molecule has 1 aromatic rings. The molecule has 14 heteroatoms. The first-order chi connectivity index (χ1) is 19.2. The second-order valence-corrected chi connectivity index (χ2v) is 14.7. The van der Waals surface area contributed by atoms with Gasteiger partial charge >= 0.3 is 6.18 Å². The molecule has 0 spiro atoms. The van der Waals surface area contributed by atoms with Gasteiger partial charge in [0.1, 0.15) is 5.44 Å². The number of benzene rings is 1. The van der Waals surface area contributed by atoms with E-state index in [2.05, 4.69) is 0 Å². The zero-order chi connectivity index (χ0) is 29.8. The predicted octanol–water partition coefficient (Wildman–Crippen LogP) is 2.96. The van der Waals surface area contributed by atoms with Crippen LogP contribution in [-0.2, 0) is 15.6 Å². The third kappa shape index (κ3) is 5.74. The number of anilines is 1. The van der Waals surface area contributed by atoms with Gasteiger partial charge in [-0.3, -0.25) is 4.90 Å². The van der Waals surface area contributed by atoms with E-state index in [0.29, 0.717) is 36.2 Å². The van der Waals surface area contributed by atoms with Crippen LogP contribution in [0.4, 0.5) is 18.9 Å². The molecule has 1 saturated carbocycles. The number of alkyl halides is 3. The minimum Gasteiger partial charge on any atom is -0.378 e. The fourth-order valence-corrected chi connectivity index (χ4v) is 8.97. The fraction of sp³-hybridized carbons (Fsp3) is 0.593. The number of halogens is 3. The number of piperazine rings is 1. The van der Waals surface area contributed by atoms with Crippen molar-refractivity contribution < 1.29 is 36.9 Å². The summed E-state index contributed by atoms with van der Waals surface area (Å²) in [5, 5.41) is 32.5. The van der Waals surface area contributed by atoms with E-state index in [1.54, 1.807) is 12.2 Å². The largest absolute Gasteiger partial charge is 0.421 e. The summed E-state index contributed by atoms with van der Waals surface area (Å²) in [6.45, 7) is 1.82. The van der Waals surface area contributed by atoms with E-state index >= 15 is 0 Å². The fourth-order valence-electron chi connectivity index (χ4n) is 5.77. The lowest BCUT2D eigenvalue weighted by molar-refractivity contribution is -0.258. The van der Waals surface area contributed by atoms with Gasteiger partial charge in [0.15, 0.2) is 11.3 Å². The Bertz CT molecular complexity index is 1330. The quantitative estimate of drug-likeness (QED) is 0.391. The van der Waals surface area contributed by atoms with Gasteiger partial charge < -0.3 is 20.2 Å². The van der Waals surface area contributed by atoms with Crippen LogP contribution in [0.2, 0.25) is 0 Å². The van der Waals surface area contributed by atoms with Crippen molar-refractivity contribution >= 4 is 44.6 Å². The Kier molecular flexibility index (Phi) is 8.44. The van der Waals surface area contributed by atoms with Gasteiger partial charge in [-0.25, -0.2) is 8.42 Å². The molecule has 2 aliphatic carbocycles. The van der Waals surface area contributed by atoms with Crippen molar-refractivity contribution in [3.8, 4) is 0 Å². The van der Waals surface area contributed by atoms with Crippen LogP contribution in [0.1, 0.15) is 31.7 Å². The highest BCUT2D eigenvalue weighted by molar-refractivity contribution is 7.99. The second-order valence-electron chi connectivity index (χ2n) is 11.1. The van der Waals surface area contributed by atoms with Crippen LogP contribution < -0.4 is 4.90 Å². The van der Waals surface area contributed by atoms with Gasteiger partial charge in [-0.2, -0.15) is 17.5 Å². The number of allylic oxidation sites excluding steroid dienone is 4. The number of aliphatic hydroxyl groups excluding tert-OH is 1. The van der Waals surface area contributed by atoms with Crippen LogP contribution in [0.25, 0.3) is 0 Å². The van der Waals surface area contributed by atoms with Gasteiger partial charge in [-0.15, -0.1) is 11.8 Å². The maximum absolute atomic E-state index is 13.7. The van der Waals surface area contributed by atoms with E-state index in [1.165, 1.54) is 46.4 Å². The zero-order valence-electron chi connectivity index (χ0n) is 22.5. The van der Waals surface area contributed by atoms with E-state index in [1.807, 2.05) is 9.80 Å². The summed E-state index contributed by atoms with van der Waals surface area (Å²) in [6, 6.07) is 4.93. The number of nitrogens with zero attached hydrogens (tertiary/aromatic N) is 3. The van der Waals surface area contributed by atoms with Gasteiger partial charge in [0, 0.05) is 61.4 Å². The lowest BCUT2D eigenvalue weighted by Gasteiger charge is -2.50. The van der Waals surface area contributed by atoms with Crippen LogP contribution in [0, 0.1) is 5.92 Å². The Morgan fingerprint density at radius 3 is 2.44 bits per heavy atom. The van der Waals surface area contributed by atoms with Crippen LogP contribution in [-0.4, -0.2) is 99.7 Å². The maximum atomic E-state index is 13.7. The molecule has 3 N–H and O–H groups in total. The molecule has 0 aromatic heterocycles. The standard InChI is InChI=1S/C27H34F3N3O5S3/c1-25(35,27(28,29)30)18-8-10-20(11-9-18)33-13-12-32(41(37,38)23-5-3-2-4-22(23)39)17-21(33)16-31-14-15-40-24(34)26(31,36)19-6-7-19/h2-3,5,8-11,19,21,24,34-36H,4,6-7,12-17H2,1H3/t21-,24?,25+,26+/m0/s1. The summed E-state index contributed by atoms with van der Waals surface area (Å²) in [5.41, 5.74) is -5.24. The Labute approximate surface area is 247 Å². The van der Waals surface area contributed by atoms with Crippen molar-refractivity contribution in [3.63, 3.8) is 0 Å². The van der Waals surface area contributed by atoms with Crippen molar-refractivity contribution in [2.45, 2.75) is 55.2 Å². The van der Waals surface area contributed by atoms with E-state index in [-0.39, 0.29) is 42.6 Å². The molecule has 0 amide bonds. The molecule has 1 unspecified atom stereocenters. The molecule has 0 radical (unpaired) electrons. The van der Waals surface area contributed by atoms with Gasteiger partial charge in [-0.1, -0.05) is 36.5 Å². The van der Waals surface area contributed by atoms with Crippen LogP contribution in [0.5, 0.6) is 0 Å². The van der Waals surface area contributed by atoms with E-state index in [0.717, 1.165) is 12.8 Å². The first-order valence-corrected chi connectivity index (χ1v) is 16.4. The van der Waals surface area contributed by atoms with Crippen molar-refractivity contribution in [2.24, 2.45) is 5.92 Å². The molecular formula is C27H34F3N3O5S3. The van der Waals surface area contributed by atoms with E-state index < -0.39 is 39.0 Å². The van der Waals surface area contributed by atoms with E-state index in [9.17, 15) is 36.9 Å². The number of thiocarbonyl (C=S) groups is 1. The molecule has 4 atom stereocenters.